The Kier molecular flexibility index (Phi) is 122. The van der Waals surface area contributed by atoms with E-state index >= 15 is 0 Å². The summed E-state index contributed by atoms with van der Waals surface area (Å²) in [6.07, 6.45) is 33.2. The number of aliphatic hydroxyl groups excluding tert-OH is 1. The predicted octanol–water partition coefficient (Wildman–Crippen LogP) is 10.4. The number of ketones is 2. The summed E-state index contributed by atoms with van der Waals surface area (Å²) in [7, 11) is 0. The molecule has 3 atom stereocenters. The standard InChI is InChI=1S/C105H203N3O37S/c1-3-5-7-9-11-13-15-17-19-21-23-25-27-31-103(113)144-39-36-98(145-104(114)32-28-26-24-22-20-18-16-14-12-10-8-6-4-2)95-146-96-99(106)105(115)108-100(94-109)101(111)30-29-37-116-40-42-118-44-46-120-48-50-122-52-54-124-56-58-126-60-62-128-64-66-130-68-70-132-72-74-134-76-78-136-80-82-138-84-86-140-88-90-142-92-93-143-91-89-141-87-85-139-83-81-137-79-77-135-75-73-133-71-69-131-67-65-129-63-61-127-59-57-125-55-53-123-51-49-121-47-45-119-43-41-117-38-35-97(110)33-34-102(107)112/h98-100,109H,3-96,106H2,1-2H3,(H2,107,112)(H,108,115)/t98-,99+,100+/m1/s1. The molecule has 0 aromatic rings. The van der Waals surface area contributed by atoms with Crippen LogP contribution in [0.4, 0.5) is 0 Å². The van der Waals surface area contributed by atoms with Gasteiger partial charge in [-0.2, -0.15) is 11.8 Å². The Morgan fingerprint density at radius 1 is 0.240 bits per heavy atom. The highest BCUT2D eigenvalue weighted by molar-refractivity contribution is 7.99. The molecule has 866 valence electrons. The van der Waals surface area contributed by atoms with Gasteiger partial charge in [0.15, 0.2) is 5.78 Å². The molecule has 0 radical (unpaired) electrons. The summed E-state index contributed by atoms with van der Waals surface area (Å²) >= 11 is 1.35. The van der Waals surface area contributed by atoms with E-state index in [1.54, 1.807) is 0 Å². The minimum atomic E-state index is -1.11. The predicted molar refractivity (Wildman–Crippen MR) is 556 cm³/mol. The van der Waals surface area contributed by atoms with Gasteiger partial charge in [-0.25, -0.2) is 0 Å². The molecule has 0 saturated heterocycles. The lowest BCUT2D eigenvalue weighted by Gasteiger charge is -2.20. The number of amides is 2. The molecule has 0 unspecified atom stereocenters. The van der Waals surface area contributed by atoms with Gasteiger partial charge in [-0.1, -0.05) is 168 Å². The lowest BCUT2D eigenvalue weighted by molar-refractivity contribution is -0.150. The Hall–Kier alpha value is -3.63. The summed E-state index contributed by atoms with van der Waals surface area (Å²) < 4.78 is 167. The second-order valence-corrected chi connectivity index (χ2v) is 35.5. The number of ether oxygens (including phenoxy) is 30. The molecule has 0 rings (SSSR count). The fourth-order valence-electron chi connectivity index (χ4n) is 13.4. The zero-order valence-electron chi connectivity index (χ0n) is 90.4. The first-order valence-corrected chi connectivity index (χ1v) is 56.3. The molecule has 146 heavy (non-hydrogen) atoms. The first-order valence-electron chi connectivity index (χ1n) is 55.1. The van der Waals surface area contributed by atoms with Crippen molar-refractivity contribution in [2.75, 3.05) is 395 Å². The molecule has 0 aromatic heterocycles. The molecule has 6 N–H and O–H groups in total. The van der Waals surface area contributed by atoms with Crippen LogP contribution in [-0.4, -0.2) is 453 Å². The van der Waals surface area contributed by atoms with Crippen LogP contribution >= 0.6 is 11.8 Å². The van der Waals surface area contributed by atoms with Crippen LogP contribution in [0.1, 0.15) is 232 Å². The fourth-order valence-corrected chi connectivity index (χ4v) is 14.5. The fraction of sp³-hybridized carbons (Fsp3) is 0.943. The van der Waals surface area contributed by atoms with Crippen LogP contribution in [-0.2, 0) is 171 Å². The number of primary amides is 1. The number of hydrogen-bond donors (Lipinski definition) is 4. The van der Waals surface area contributed by atoms with Crippen molar-refractivity contribution < 1.29 is 176 Å². The van der Waals surface area contributed by atoms with Crippen molar-refractivity contribution in [3.8, 4) is 0 Å². The number of rotatable bonds is 131. The van der Waals surface area contributed by atoms with E-state index in [2.05, 4.69) is 19.2 Å². The Morgan fingerprint density at radius 3 is 0.692 bits per heavy atom. The summed E-state index contributed by atoms with van der Waals surface area (Å²) in [5.41, 5.74) is 11.3. The number of carbonyl (C=O) groups excluding carboxylic acids is 6. The summed E-state index contributed by atoms with van der Waals surface area (Å²) in [5.74, 6) is -1.43. The van der Waals surface area contributed by atoms with E-state index in [4.69, 9.17) is 154 Å². The number of thioether (sulfide) groups is 1. The van der Waals surface area contributed by atoms with Crippen molar-refractivity contribution in [3.63, 3.8) is 0 Å². The summed E-state index contributed by atoms with van der Waals surface area (Å²) in [4.78, 5) is 74.1. The number of aliphatic hydroxyl groups is 1. The first-order chi connectivity index (χ1) is 72.0. The zero-order chi connectivity index (χ0) is 105. The van der Waals surface area contributed by atoms with Crippen LogP contribution in [0.25, 0.3) is 0 Å². The zero-order valence-corrected chi connectivity index (χ0v) is 91.2. The largest absolute Gasteiger partial charge is 0.466 e. The van der Waals surface area contributed by atoms with Crippen LogP contribution in [0.15, 0.2) is 0 Å². The number of hydrogen-bond acceptors (Lipinski definition) is 39. The van der Waals surface area contributed by atoms with Gasteiger partial charge in [0.25, 0.3) is 0 Å². The van der Waals surface area contributed by atoms with Gasteiger partial charge in [-0.3, -0.25) is 28.8 Å². The van der Waals surface area contributed by atoms with Crippen molar-refractivity contribution >= 4 is 47.1 Å². The van der Waals surface area contributed by atoms with Gasteiger partial charge in [0.2, 0.25) is 11.8 Å². The van der Waals surface area contributed by atoms with Gasteiger partial charge < -0.3 is 164 Å². The van der Waals surface area contributed by atoms with E-state index in [0.717, 1.165) is 38.5 Å². The molecule has 0 saturated carbocycles. The summed E-state index contributed by atoms with van der Waals surface area (Å²) in [6, 6.07) is -2.09. The Bertz CT molecular complexity index is 2660. The molecule has 0 aliphatic heterocycles. The summed E-state index contributed by atoms with van der Waals surface area (Å²) in [6.45, 7) is 28.8. The van der Waals surface area contributed by atoms with Crippen LogP contribution in [0.5, 0.6) is 0 Å². The average molecular weight is 2130 g/mol. The van der Waals surface area contributed by atoms with Crippen molar-refractivity contribution in [1.29, 1.82) is 0 Å². The molecule has 40 nitrogen and oxygen atoms in total. The van der Waals surface area contributed by atoms with Crippen LogP contribution < -0.4 is 16.8 Å². The number of carbonyl (C=O) groups is 6. The van der Waals surface area contributed by atoms with Gasteiger partial charge in [0, 0.05) is 63.1 Å². The lowest BCUT2D eigenvalue weighted by atomic mass is 10.0. The second kappa shape index (κ2) is 125. The smallest absolute Gasteiger partial charge is 0.306 e. The molecule has 0 aromatic carbocycles. The lowest BCUT2D eigenvalue weighted by Crippen LogP contribution is -2.51. The third-order valence-corrected chi connectivity index (χ3v) is 22.9. The van der Waals surface area contributed by atoms with Crippen molar-refractivity contribution in [1.82, 2.24) is 5.32 Å². The third kappa shape index (κ3) is 119. The SMILES string of the molecule is CCCCCCCCCCCCCCCC(=O)OCC[C@H](CSC[C@H](N)C(=O)N[C@@H](CO)C(=O)CCCOCCOCCOCCOCCOCCOCCOCCOCCOCCOCCOCCOCCOCCOCCOCCOCCOCCOCCOCCOCCOCCOCCOCCOCCOCCOCCOCCOCCC(=O)CCC(N)=O)OC(=O)CCCCCCCCCCCCCCC. The van der Waals surface area contributed by atoms with Gasteiger partial charge >= 0.3 is 11.9 Å². The van der Waals surface area contributed by atoms with E-state index in [9.17, 15) is 33.9 Å². The quantitative estimate of drug-likeness (QED) is 0.0325. The highest BCUT2D eigenvalue weighted by Gasteiger charge is 2.25. The molecule has 0 bridgehead atoms. The molecular weight excluding hydrogens is 1930 g/mol. The minimum absolute atomic E-state index is 0.0463. The number of nitrogens with two attached hydrogens (primary N) is 2. The monoisotopic (exact) mass is 2130 g/mol. The topological polar surface area (TPSA) is 464 Å². The molecular formula is C105H203N3O37S. The maximum absolute atomic E-state index is 13.1. The maximum atomic E-state index is 13.1. The van der Waals surface area contributed by atoms with E-state index in [0.29, 0.717) is 401 Å². The first kappa shape index (κ1) is 142. The van der Waals surface area contributed by atoms with Crippen molar-refractivity contribution in [3.05, 3.63) is 0 Å². The molecule has 0 heterocycles. The van der Waals surface area contributed by atoms with Crippen LogP contribution in [0, 0.1) is 0 Å². The van der Waals surface area contributed by atoms with Crippen LogP contribution in [0.2, 0.25) is 0 Å². The molecule has 0 fully saturated rings. The third-order valence-electron chi connectivity index (χ3n) is 21.7. The number of nitrogens with one attached hydrogen (secondary N) is 1. The van der Waals surface area contributed by atoms with E-state index in [1.165, 1.54) is 140 Å². The number of esters is 2. The van der Waals surface area contributed by atoms with E-state index in [-0.39, 0.29) is 61.5 Å². The molecule has 0 aliphatic carbocycles. The molecule has 41 heteroatoms. The van der Waals surface area contributed by atoms with Gasteiger partial charge in [-0.05, 0) is 19.3 Å². The Labute approximate surface area is 880 Å². The Balaban J connectivity index is 3.55. The Morgan fingerprint density at radius 2 is 0.459 bits per heavy atom. The van der Waals surface area contributed by atoms with Gasteiger partial charge in [-0.15, -0.1) is 0 Å². The van der Waals surface area contributed by atoms with Crippen molar-refractivity contribution in [2.45, 2.75) is 250 Å². The highest BCUT2D eigenvalue weighted by atomic mass is 32.2. The van der Waals surface area contributed by atoms with E-state index < -0.39 is 36.6 Å². The van der Waals surface area contributed by atoms with E-state index in [1.807, 2.05) is 0 Å². The number of unbranched alkanes of at least 4 members (excludes halogenated alkanes) is 24. The number of Topliss-reactive ketones (excluding diaryl/α,β-unsaturated/α-hetero) is 2. The molecule has 0 spiro atoms. The van der Waals surface area contributed by atoms with Gasteiger partial charge in [0.05, 0.1) is 383 Å². The van der Waals surface area contributed by atoms with Crippen LogP contribution in [0.3, 0.4) is 0 Å². The average Bonchev–Trinajstić information content (AvgIpc) is 0.906. The second-order valence-electron chi connectivity index (χ2n) is 34.5. The molecule has 0 aliphatic rings. The summed E-state index contributed by atoms with van der Waals surface area (Å²) in [5, 5.41) is 12.6. The highest BCUT2D eigenvalue weighted by Crippen LogP contribution is 2.18. The maximum Gasteiger partial charge on any atom is 0.306 e. The van der Waals surface area contributed by atoms with Gasteiger partial charge in [0.1, 0.15) is 17.9 Å². The minimum Gasteiger partial charge on any atom is -0.466 e. The molecule has 2 amide bonds. The van der Waals surface area contributed by atoms with Crippen molar-refractivity contribution in [2.24, 2.45) is 11.5 Å². The normalized spacial score (nSPS) is 12.3.